The molecule has 1 saturated heterocycles. The van der Waals surface area contributed by atoms with E-state index in [-0.39, 0.29) is 0 Å². The van der Waals surface area contributed by atoms with Crippen LogP contribution in [0.5, 0.6) is 0 Å². The number of nitrogens with one attached hydrogen (secondary N) is 2. The van der Waals surface area contributed by atoms with Crippen LogP contribution in [0.2, 0.25) is 0 Å². The second-order valence-corrected chi connectivity index (χ2v) is 6.34. The third kappa shape index (κ3) is 3.21. The summed E-state index contributed by atoms with van der Waals surface area (Å²) in [7, 11) is 2.14. The van der Waals surface area contributed by atoms with Crippen molar-refractivity contribution < 1.29 is 0 Å². The molecule has 0 spiro atoms. The van der Waals surface area contributed by atoms with Crippen molar-refractivity contribution in [2.75, 3.05) is 33.2 Å². The third-order valence-electron chi connectivity index (χ3n) is 4.78. The van der Waals surface area contributed by atoms with E-state index in [1.807, 2.05) is 0 Å². The lowest BCUT2D eigenvalue weighted by Gasteiger charge is -2.45. The third-order valence-corrected chi connectivity index (χ3v) is 4.78. The monoisotopic (exact) mass is 239 g/mol. The predicted octanol–water partition coefficient (Wildman–Crippen LogP) is 1.45. The summed E-state index contributed by atoms with van der Waals surface area (Å²) in [5.74, 6) is 0.933. The van der Waals surface area contributed by atoms with Crippen molar-refractivity contribution in [1.82, 2.24) is 15.5 Å². The Bertz CT molecular complexity index is 230. The highest BCUT2D eigenvalue weighted by Gasteiger charge is 2.34. The molecule has 2 N–H and O–H groups in total. The van der Waals surface area contributed by atoms with Gasteiger partial charge < -0.3 is 10.6 Å². The Balaban J connectivity index is 1.89. The molecule has 0 amide bonds. The number of hydrogen-bond donors (Lipinski definition) is 2. The average molecular weight is 239 g/mol. The molecule has 3 nitrogen and oxygen atoms in total. The first-order valence-electron chi connectivity index (χ1n) is 7.26. The summed E-state index contributed by atoms with van der Waals surface area (Å²) >= 11 is 0. The molecule has 0 radical (unpaired) electrons. The zero-order chi connectivity index (χ0) is 12.3. The standard InChI is InChI=1S/C14H29N3/c1-14(2,17-9-7-16-8-10-17)11-13(15-3)12-5-4-6-12/h12-13,15-16H,4-11H2,1-3H3. The van der Waals surface area contributed by atoms with Gasteiger partial charge in [0.25, 0.3) is 0 Å². The molecule has 1 heterocycles. The first-order valence-corrected chi connectivity index (χ1v) is 7.26. The van der Waals surface area contributed by atoms with E-state index in [4.69, 9.17) is 0 Å². The topological polar surface area (TPSA) is 27.3 Å². The SMILES string of the molecule is CNC(CC(C)(C)N1CCNCC1)C1CCC1. The predicted molar refractivity (Wildman–Crippen MR) is 73.3 cm³/mol. The van der Waals surface area contributed by atoms with Crippen LogP contribution in [-0.4, -0.2) is 49.7 Å². The molecule has 0 aromatic heterocycles. The quantitative estimate of drug-likeness (QED) is 0.760. The van der Waals surface area contributed by atoms with E-state index in [0.29, 0.717) is 11.6 Å². The molecule has 0 bridgehead atoms. The molecule has 1 atom stereocenters. The van der Waals surface area contributed by atoms with Gasteiger partial charge in [0.2, 0.25) is 0 Å². The molecular formula is C14H29N3. The van der Waals surface area contributed by atoms with Gasteiger partial charge in [-0.2, -0.15) is 0 Å². The fourth-order valence-electron chi connectivity index (χ4n) is 3.28. The molecule has 1 unspecified atom stereocenters. The first-order chi connectivity index (χ1) is 8.13. The highest BCUT2D eigenvalue weighted by molar-refractivity contribution is 4.92. The van der Waals surface area contributed by atoms with Crippen LogP contribution in [-0.2, 0) is 0 Å². The Kier molecular flexibility index (Phi) is 4.45. The van der Waals surface area contributed by atoms with Gasteiger partial charge >= 0.3 is 0 Å². The molecule has 0 aromatic carbocycles. The van der Waals surface area contributed by atoms with Crippen molar-refractivity contribution in [2.45, 2.75) is 51.1 Å². The van der Waals surface area contributed by atoms with Crippen LogP contribution in [0.3, 0.4) is 0 Å². The van der Waals surface area contributed by atoms with Crippen molar-refractivity contribution in [3.05, 3.63) is 0 Å². The highest BCUT2D eigenvalue weighted by Crippen LogP contribution is 2.34. The van der Waals surface area contributed by atoms with Crippen LogP contribution >= 0.6 is 0 Å². The number of nitrogens with zero attached hydrogens (tertiary/aromatic N) is 1. The van der Waals surface area contributed by atoms with Crippen LogP contribution < -0.4 is 10.6 Å². The van der Waals surface area contributed by atoms with E-state index in [2.05, 4.69) is 36.4 Å². The molecule has 2 rings (SSSR count). The zero-order valence-electron chi connectivity index (χ0n) is 11.8. The van der Waals surface area contributed by atoms with Crippen LogP contribution in [0.25, 0.3) is 0 Å². The lowest BCUT2D eigenvalue weighted by atomic mass is 9.75. The van der Waals surface area contributed by atoms with Gasteiger partial charge in [-0.05, 0) is 46.1 Å². The molecule has 100 valence electrons. The maximum absolute atomic E-state index is 3.56. The van der Waals surface area contributed by atoms with Crippen molar-refractivity contribution in [1.29, 1.82) is 0 Å². The number of rotatable bonds is 5. The number of hydrogen-bond acceptors (Lipinski definition) is 3. The van der Waals surface area contributed by atoms with Gasteiger partial charge in [-0.1, -0.05) is 6.42 Å². The molecular weight excluding hydrogens is 210 g/mol. The fourth-order valence-corrected chi connectivity index (χ4v) is 3.28. The normalized spacial score (nSPS) is 25.6. The summed E-state index contributed by atoms with van der Waals surface area (Å²) < 4.78 is 0. The van der Waals surface area contributed by atoms with Gasteiger partial charge in [0.1, 0.15) is 0 Å². The van der Waals surface area contributed by atoms with Crippen molar-refractivity contribution >= 4 is 0 Å². The van der Waals surface area contributed by atoms with Crippen molar-refractivity contribution in [3.63, 3.8) is 0 Å². The van der Waals surface area contributed by atoms with E-state index in [1.165, 1.54) is 38.8 Å². The Hall–Kier alpha value is -0.120. The number of piperazine rings is 1. The Morgan fingerprint density at radius 2 is 1.94 bits per heavy atom. The van der Waals surface area contributed by atoms with Crippen LogP contribution in [0.1, 0.15) is 39.5 Å². The van der Waals surface area contributed by atoms with E-state index < -0.39 is 0 Å². The molecule has 1 saturated carbocycles. The molecule has 3 heteroatoms. The Morgan fingerprint density at radius 1 is 1.29 bits per heavy atom. The fraction of sp³-hybridized carbons (Fsp3) is 1.00. The largest absolute Gasteiger partial charge is 0.317 e. The van der Waals surface area contributed by atoms with E-state index in [0.717, 1.165) is 19.0 Å². The summed E-state index contributed by atoms with van der Waals surface area (Å²) in [4.78, 5) is 2.66. The molecule has 1 aliphatic heterocycles. The van der Waals surface area contributed by atoms with E-state index in [9.17, 15) is 0 Å². The lowest BCUT2D eigenvalue weighted by Crippen LogP contribution is -2.56. The molecule has 2 fully saturated rings. The minimum absolute atomic E-state index is 0.339. The summed E-state index contributed by atoms with van der Waals surface area (Å²) in [6, 6.07) is 0.716. The molecule has 2 aliphatic rings. The summed E-state index contributed by atoms with van der Waals surface area (Å²) in [5, 5.41) is 7.00. The maximum atomic E-state index is 3.56. The molecule has 0 aromatic rings. The van der Waals surface area contributed by atoms with E-state index >= 15 is 0 Å². The maximum Gasteiger partial charge on any atom is 0.0169 e. The molecule has 1 aliphatic carbocycles. The molecule has 17 heavy (non-hydrogen) atoms. The zero-order valence-corrected chi connectivity index (χ0v) is 11.8. The van der Waals surface area contributed by atoms with Crippen molar-refractivity contribution in [2.24, 2.45) is 5.92 Å². The lowest BCUT2D eigenvalue weighted by molar-refractivity contribution is 0.0696. The van der Waals surface area contributed by atoms with Crippen molar-refractivity contribution in [3.8, 4) is 0 Å². The second kappa shape index (κ2) is 5.68. The second-order valence-electron chi connectivity index (χ2n) is 6.34. The Morgan fingerprint density at radius 3 is 2.41 bits per heavy atom. The summed E-state index contributed by atoms with van der Waals surface area (Å²) in [6.45, 7) is 9.54. The van der Waals surface area contributed by atoms with Gasteiger partial charge in [0, 0.05) is 37.8 Å². The van der Waals surface area contributed by atoms with E-state index in [1.54, 1.807) is 0 Å². The van der Waals surface area contributed by atoms with Crippen LogP contribution in [0, 0.1) is 5.92 Å². The van der Waals surface area contributed by atoms with Crippen LogP contribution in [0.15, 0.2) is 0 Å². The first kappa shape index (κ1) is 13.3. The Labute approximate surface area is 106 Å². The van der Waals surface area contributed by atoms with Crippen LogP contribution in [0.4, 0.5) is 0 Å². The minimum Gasteiger partial charge on any atom is -0.317 e. The summed E-state index contributed by atoms with van der Waals surface area (Å²) in [6.07, 6.45) is 5.59. The van der Waals surface area contributed by atoms with Gasteiger partial charge in [-0.25, -0.2) is 0 Å². The smallest absolute Gasteiger partial charge is 0.0169 e. The van der Waals surface area contributed by atoms with Gasteiger partial charge in [-0.15, -0.1) is 0 Å². The average Bonchev–Trinajstić information content (AvgIpc) is 2.27. The highest BCUT2D eigenvalue weighted by atomic mass is 15.2. The van der Waals surface area contributed by atoms with Gasteiger partial charge in [0.05, 0.1) is 0 Å². The minimum atomic E-state index is 0.339. The van der Waals surface area contributed by atoms with Gasteiger partial charge in [-0.3, -0.25) is 4.90 Å². The summed E-state index contributed by atoms with van der Waals surface area (Å²) in [5.41, 5.74) is 0.339. The van der Waals surface area contributed by atoms with Gasteiger partial charge in [0.15, 0.2) is 0 Å².